The van der Waals surface area contributed by atoms with Gasteiger partial charge in [-0.1, -0.05) is 60.3 Å². The molecular formula is C28H23N5O2S. The van der Waals surface area contributed by atoms with Crippen LogP contribution in [-0.2, 0) is 11.8 Å². The van der Waals surface area contributed by atoms with E-state index in [9.17, 15) is 9.59 Å². The number of nitrogens with one attached hydrogen (secondary N) is 1. The summed E-state index contributed by atoms with van der Waals surface area (Å²) in [5, 5.41) is 13.3. The molecule has 0 aliphatic carbocycles. The Morgan fingerprint density at radius 3 is 2.39 bits per heavy atom. The van der Waals surface area contributed by atoms with Crippen molar-refractivity contribution in [1.82, 2.24) is 19.7 Å². The molecule has 0 atom stereocenters. The molecule has 0 aliphatic heterocycles. The molecule has 0 unspecified atom stereocenters. The molecule has 1 N–H and O–H groups in total. The number of hydrogen-bond donors (Lipinski definition) is 1. The van der Waals surface area contributed by atoms with E-state index in [2.05, 4.69) is 15.5 Å². The monoisotopic (exact) mass is 493 g/mol. The van der Waals surface area contributed by atoms with E-state index in [-0.39, 0.29) is 17.4 Å². The molecule has 2 heterocycles. The summed E-state index contributed by atoms with van der Waals surface area (Å²) in [7, 11) is 1.90. The Bertz CT molecular complexity index is 1560. The summed E-state index contributed by atoms with van der Waals surface area (Å²) < 4.78 is 1.90. The van der Waals surface area contributed by atoms with E-state index in [1.807, 2.05) is 72.3 Å². The van der Waals surface area contributed by atoms with E-state index in [0.717, 1.165) is 27.7 Å². The van der Waals surface area contributed by atoms with E-state index in [4.69, 9.17) is 4.98 Å². The second kappa shape index (κ2) is 10.1. The number of rotatable bonds is 7. The van der Waals surface area contributed by atoms with Gasteiger partial charge >= 0.3 is 0 Å². The van der Waals surface area contributed by atoms with Crippen LogP contribution in [0.4, 0.5) is 5.69 Å². The van der Waals surface area contributed by atoms with Crippen molar-refractivity contribution in [3.63, 3.8) is 0 Å². The third kappa shape index (κ3) is 4.89. The van der Waals surface area contributed by atoms with Gasteiger partial charge in [0.1, 0.15) is 0 Å². The second-order valence-electron chi connectivity index (χ2n) is 8.27. The lowest BCUT2D eigenvalue weighted by molar-refractivity contribution is -0.113. The van der Waals surface area contributed by atoms with Crippen molar-refractivity contribution in [3.8, 4) is 22.6 Å². The highest BCUT2D eigenvalue weighted by molar-refractivity contribution is 7.99. The zero-order valence-electron chi connectivity index (χ0n) is 19.8. The number of nitrogens with zero attached hydrogens (tertiary/aromatic N) is 4. The van der Waals surface area contributed by atoms with Crippen LogP contribution in [-0.4, -0.2) is 37.2 Å². The third-order valence-electron chi connectivity index (χ3n) is 5.77. The summed E-state index contributed by atoms with van der Waals surface area (Å²) in [5.74, 6) is 0.695. The zero-order valence-corrected chi connectivity index (χ0v) is 20.6. The number of fused-ring (bicyclic) bond motifs is 1. The predicted octanol–water partition coefficient (Wildman–Crippen LogP) is 5.63. The van der Waals surface area contributed by atoms with Gasteiger partial charge in [-0.2, -0.15) is 0 Å². The van der Waals surface area contributed by atoms with Crippen molar-refractivity contribution in [2.45, 2.75) is 12.1 Å². The normalized spacial score (nSPS) is 10.9. The van der Waals surface area contributed by atoms with Gasteiger partial charge in [-0.3, -0.25) is 9.59 Å². The minimum atomic E-state index is -0.166. The Morgan fingerprint density at radius 1 is 0.917 bits per heavy atom. The van der Waals surface area contributed by atoms with Gasteiger partial charge in [0.25, 0.3) is 0 Å². The number of aromatic nitrogens is 4. The van der Waals surface area contributed by atoms with Crippen molar-refractivity contribution in [1.29, 1.82) is 0 Å². The minimum absolute atomic E-state index is 0.0145. The van der Waals surface area contributed by atoms with Gasteiger partial charge in [-0.25, -0.2) is 4.98 Å². The molecule has 0 aliphatic rings. The van der Waals surface area contributed by atoms with Crippen LogP contribution in [0.5, 0.6) is 0 Å². The molecule has 2 aromatic heterocycles. The lowest BCUT2D eigenvalue weighted by atomic mass is 10.0. The number of amides is 1. The molecule has 0 fully saturated rings. The molecule has 0 radical (unpaired) electrons. The van der Waals surface area contributed by atoms with Crippen molar-refractivity contribution < 1.29 is 9.59 Å². The molecule has 36 heavy (non-hydrogen) atoms. The number of carbonyl (C=O) groups is 2. The fourth-order valence-corrected chi connectivity index (χ4v) is 4.62. The predicted molar refractivity (Wildman–Crippen MR) is 143 cm³/mol. The van der Waals surface area contributed by atoms with Crippen LogP contribution >= 0.6 is 11.8 Å². The molecule has 7 nitrogen and oxygen atoms in total. The van der Waals surface area contributed by atoms with E-state index < -0.39 is 0 Å². The minimum Gasteiger partial charge on any atom is -0.325 e. The molecule has 0 bridgehead atoms. The largest absolute Gasteiger partial charge is 0.325 e. The van der Waals surface area contributed by atoms with Gasteiger partial charge in [0, 0.05) is 34.8 Å². The molecule has 178 valence electrons. The van der Waals surface area contributed by atoms with Crippen LogP contribution in [0.3, 0.4) is 0 Å². The highest BCUT2D eigenvalue weighted by Crippen LogP contribution is 2.32. The Morgan fingerprint density at radius 2 is 1.64 bits per heavy atom. The number of anilines is 1. The topological polar surface area (TPSA) is 89.8 Å². The van der Waals surface area contributed by atoms with Crippen LogP contribution in [0.1, 0.15) is 17.3 Å². The highest BCUT2D eigenvalue weighted by atomic mass is 32.2. The van der Waals surface area contributed by atoms with E-state index in [1.165, 1.54) is 18.7 Å². The number of Topliss-reactive ketones (excluding diaryl/α,β-unsaturated/α-hetero) is 1. The van der Waals surface area contributed by atoms with Crippen molar-refractivity contribution >= 4 is 40.0 Å². The summed E-state index contributed by atoms with van der Waals surface area (Å²) in [6.45, 7) is 1.51. The molecule has 3 aromatic carbocycles. The highest BCUT2D eigenvalue weighted by Gasteiger charge is 2.17. The van der Waals surface area contributed by atoms with Crippen LogP contribution in [0.25, 0.3) is 33.5 Å². The number of ketones is 1. The number of pyridine rings is 1. The second-order valence-corrected chi connectivity index (χ2v) is 9.22. The van der Waals surface area contributed by atoms with Gasteiger partial charge < -0.3 is 9.88 Å². The molecular weight excluding hydrogens is 470 g/mol. The third-order valence-corrected chi connectivity index (χ3v) is 6.79. The van der Waals surface area contributed by atoms with Crippen LogP contribution < -0.4 is 5.32 Å². The smallest absolute Gasteiger partial charge is 0.234 e. The van der Waals surface area contributed by atoms with Gasteiger partial charge in [0.05, 0.1) is 17.0 Å². The summed E-state index contributed by atoms with van der Waals surface area (Å²) in [6.07, 6.45) is 0. The lowest BCUT2D eigenvalue weighted by Crippen LogP contribution is -2.14. The summed E-state index contributed by atoms with van der Waals surface area (Å²) >= 11 is 1.31. The van der Waals surface area contributed by atoms with E-state index in [1.54, 1.807) is 24.3 Å². The number of benzene rings is 3. The summed E-state index contributed by atoms with van der Waals surface area (Å²) in [6, 6.07) is 26.9. The number of para-hydroxylation sites is 1. The fraction of sp³-hybridized carbons (Fsp3) is 0.107. The maximum absolute atomic E-state index is 12.5. The van der Waals surface area contributed by atoms with Gasteiger partial charge in [0.2, 0.25) is 5.91 Å². The first-order valence-corrected chi connectivity index (χ1v) is 12.4. The standard InChI is InChI=1S/C28H23N5O2S/c1-18(34)19-12-14-21(15-13-19)29-26(35)17-36-28-32-31-27(33(28)2)23-16-25(20-8-4-3-5-9-20)30-24-11-7-6-10-22(23)24/h3-16H,17H2,1-2H3,(H,29,35). The van der Waals surface area contributed by atoms with E-state index >= 15 is 0 Å². The van der Waals surface area contributed by atoms with Gasteiger partial charge in [0.15, 0.2) is 16.8 Å². The average Bonchev–Trinajstić information content (AvgIpc) is 3.27. The Labute approximate surface area is 212 Å². The Kier molecular flexibility index (Phi) is 6.60. The average molecular weight is 494 g/mol. The summed E-state index contributed by atoms with van der Waals surface area (Å²) in [4.78, 5) is 28.8. The molecule has 1 amide bonds. The molecule has 0 spiro atoms. The Hall–Kier alpha value is -4.30. The van der Waals surface area contributed by atoms with Crippen LogP contribution in [0, 0.1) is 0 Å². The fourth-order valence-electron chi connectivity index (χ4n) is 3.91. The molecule has 8 heteroatoms. The van der Waals surface area contributed by atoms with Gasteiger partial charge in [-0.15, -0.1) is 10.2 Å². The SMILES string of the molecule is CC(=O)c1ccc(NC(=O)CSc2nnc(-c3cc(-c4ccccc4)nc4ccccc34)n2C)cc1. The van der Waals surface area contributed by atoms with Crippen LogP contribution in [0.15, 0.2) is 90.1 Å². The van der Waals surface area contributed by atoms with Crippen molar-refractivity contribution in [2.24, 2.45) is 7.05 Å². The first kappa shape index (κ1) is 23.4. The first-order chi connectivity index (χ1) is 17.5. The molecule has 5 rings (SSSR count). The molecule has 5 aromatic rings. The first-order valence-electron chi connectivity index (χ1n) is 11.4. The summed E-state index contributed by atoms with van der Waals surface area (Å²) in [5.41, 5.74) is 4.93. The number of carbonyl (C=O) groups excluding carboxylic acids is 2. The number of hydrogen-bond acceptors (Lipinski definition) is 6. The van der Waals surface area contributed by atoms with Crippen molar-refractivity contribution in [3.05, 3.63) is 90.5 Å². The maximum atomic E-state index is 12.5. The molecule has 0 saturated carbocycles. The quantitative estimate of drug-likeness (QED) is 0.233. The molecule has 0 saturated heterocycles. The van der Waals surface area contributed by atoms with Crippen LogP contribution in [0.2, 0.25) is 0 Å². The lowest BCUT2D eigenvalue weighted by Gasteiger charge is -2.10. The number of thioether (sulfide) groups is 1. The maximum Gasteiger partial charge on any atom is 0.234 e. The van der Waals surface area contributed by atoms with Gasteiger partial charge in [-0.05, 0) is 43.3 Å². The zero-order chi connectivity index (χ0) is 25.1. The Balaban J connectivity index is 1.37. The van der Waals surface area contributed by atoms with Crippen molar-refractivity contribution in [2.75, 3.05) is 11.1 Å². The van der Waals surface area contributed by atoms with E-state index in [0.29, 0.717) is 22.2 Å².